The lowest BCUT2D eigenvalue weighted by atomic mass is 10.0. The van der Waals surface area contributed by atoms with E-state index in [0.717, 1.165) is 6.42 Å². The van der Waals surface area contributed by atoms with Gasteiger partial charge in [-0.3, -0.25) is 0 Å². The summed E-state index contributed by atoms with van der Waals surface area (Å²) in [5, 5.41) is 0.994. The molecule has 0 aliphatic carbocycles. The van der Waals surface area contributed by atoms with Crippen molar-refractivity contribution in [3.8, 4) is 5.75 Å². The van der Waals surface area contributed by atoms with E-state index < -0.39 is 0 Å². The van der Waals surface area contributed by atoms with E-state index in [1.165, 1.54) is 83.5 Å². The largest absolute Gasteiger partial charge is 0.492 e. The zero-order chi connectivity index (χ0) is 19.0. The molecule has 0 fully saturated rings. The molecule has 0 unspecified atom stereocenters. The Morgan fingerprint density at radius 3 is 1.65 bits per heavy atom. The van der Waals surface area contributed by atoms with Gasteiger partial charge in [-0.15, -0.1) is 0 Å². The van der Waals surface area contributed by atoms with Crippen LogP contribution in [-0.2, 0) is 0 Å². The predicted molar refractivity (Wildman–Crippen MR) is 117 cm³/mol. The quantitative estimate of drug-likeness (QED) is 0.222. The first-order chi connectivity index (χ1) is 12.6. The van der Waals surface area contributed by atoms with E-state index in [-0.39, 0.29) is 0 Å². The number of unbranched alkanes of at least 4 members (excludes halogenated alkanes) is 13. The maximum absolute atomic E-state index is 6.10. The second kappa shape index (κ2) is 15.5. The fraction of sp³-hybridized carbons (Fsp3) is 0.727. The van der Waals surface area contributed by atoms with Crippen LogP contribution in [0.15, 0.2) is 12.1 Å². The monoisotopic (exact) mass is 401 g/mol. The maximum atomic E-state index is 6.10. The van der Waals surface area contributed by atoms with Gasteiger partial charge in [0.05, 0.1) is 22.3 Å². The number of anilines is 1. The van der Waals surface area contributed by atoms with Crippen molar-refractivity contribution in [1.29, 1.82) is 0 Å². The normalized spacial score (nSPS) is 11.0. The van der Waals surface area contributed by atoms with Crippen LogP contribution in [0.3, 0.4) is 0 Å². The van der Waals surface area contributed by atoms with Crippen LogP contribution in [0, 0.1) is 0 Å². The smallest absolute Gasteiger partial charge is 0.140 e. The zero-order valence-corrected chi connectivity index (χ0v) is 18.0. The molecule has 0 saturated carbocycles. The molecule has 0 saturated heterocycles. The Hall–Kier alpha value is -0.600. The summed E-state index contributed by atoms with van der Waals surface area (Å²) in [5.74, 6) is 0.628. The molecule has 26 heavy (non-hydrogen) atoms. The van der Waals surface area contributed by atoms with Crippen LogP contribution in [0.5, 0.6) is 5.75 Å². The topological polar surface area (TPSA) is 35.2 Å². The van der Waals surface area contributed by atoms with E-state index in [2.05, 4.69) is 6.92 Å². The Balaban J connectivity index is 1.87. The predicted octanol–water partition coefficient (Wildman–Crippen LogP) is 8.44. The lowest BCUT2D eigenvalue weighted by molar-refractivity contribution is 0.304. The SMILES string of the molecule is CCCCCCCCCCCCCCCCOc1cc(N)c(Cl)cc1Cl. The second-order valence-corrected chi connectivity index (χ2v) is 8.06. The number of hydrogen-bond acceptors (Lipinski definition) is 2. The molecule has 1 aromatic carbocycles. The minimum absolute atomic E-state index is 0.471. The third-order valence-electron chi connectivity index (χ3n) is 4.81. The molecule has 0 amide bonds. The third kappa shape index (κ3) is 11.2. The molecule has 0 bridgehead atoms. The third-order valence-corrected chi connectivity index (χ3v) is 5.43. The van der Waals surface area contributed by atoms with Gasteiger partial charge in [-0.1, -0.05) is 114 Å². The van der Waals surface area contributed by atoms with Crippen molar-refractivity contribution < 1.29 is 4.74 Å². The number of benzene rings is 1. The summed E-state index contributed by atoms with van der Waals surface area (Å²) >= 11 is 12.0. The van der Waals surface area contributed by atoms with Crippen molar-refractivity contribution in [3.05, 3.63) is 22.2 Å². The van der Waals surface area contributed by atoms with Gasteiger partial charge >= 0.3 is 0 Å². The van der Waals surface area contributed by atoms with Gasteiger partial charge in [-0.05, 0) is 12.5 Å². The highest BCUT2D eigenvalue weighted by Gasteiger charge is 2.06. The molecule has 2 N–H and O–H groups in total. The van der Waals surface area contributed by atoms with Crippen LogP contribution in [0.2, 0.25) is 10.0 Å². The first-order valence-electron chi connectivity index (χ1n) is 10.5. The van der Waals surface area contributed by atoms with Crippen LogP contribution < -0.4 is 10.5 Å². The summed E-state index contributed by atoms with van der Waals surface area (Å²) < 4.78 is 5.71. The van der Waals surface area contributed by atoms with Gasteiger partial charge in [0.25, 0.3) is 0 Å². The molecule has 0 heterocycles. The molecule has 0 aliphatic rings. The zero-order valence-electron chi connectivity index (χ0n) is 16.5. The van der Waals surface area contributed by atoms with Crippen molar-refractivity contribution in [2.45, 2.75) is 96.8 Å². The molecule has 0 aromatic heterocycles. The molecular weight excluding hydrogens is 365 g/mol. The minimum atomic E-state index is 0.471. The Morgan fingerprint density at radius 2 is 1.15 bits per heavy atom. The summed E-state index contributed by atoms with van der Waals surface area (Å²) in [5.41, 5.74) is 6.28. The molecule has 1 rings (SSSR count). The van der Waals surface area contributed by atoms with Crippen molar-refractivity contribution in [3.63, 3.8) is 0 Å². The van der Waals surface area contributed by atoms with Crippen LogP contribution in [0.4, 0.5) is 5.69 Å². The number of nitrogen functional groups attached to an aromatic ring is 1. The first-order valence-corrected chi connectivity index (χ1v) is 11.3. The maximum Gasteiger partial charge on any atom is 0.140 e. The van der Waals surface area contributed by atoms with E-state index in [0.29, 0.717) is 28.1 Å². The van der Waals surface area contributed by atoms with Crippen molar-refractivity contribution in [1.82, 2.24) is 0 Å². The fourth-order valence-electron chi connectivity index (χ4n) is 3.13. The average molecular weight is 402 g/mol. The Labute approximate surface area is 170 Å². The lowest BCUT2D eigenvalue weighted by Gasteiger charge is -2.09. The fourth-order valence-corrected chi connectivity index (χ4v) is 3.57. The Morgan fingerprint density at radius 1 is 0.692 bits per heavy atom. The summed E-state index contributed by atoms with van der Waals surface area (Å²) in [6, 6.07) is 3.34. The van der Waals surface area contributed by atoms with Crippen LogP contribution in [0.1, 0.15) is 96.8 Å². The lowest BCUT2D eigenvalue weighted by Crippen LogP contribution is -1.99. The molecule has 0 atom stereocenters. The van der Waals surface area contributed by atoms with Gasteiger partial charge in [-0.2, -0.15) is 0 Å². The number of nitrogens with two attached hydrogens (primary N) is 1. The van der Waals surface area contributed by atoms with Gasteiger partial charge in [-0.25, -0.2) is 0 Å². The number of ether oxygens (including phenoxy) is 1. The van der Waals surface area contributed by atoms with Crippen molar-refractivity contribution in [2.75, 3.05) is 12.3 Å². The highest BCUT2D eigenvalue weighted by atomic mass is 35.5. The van der Waals surface area contributed by atoms with Crippen molar-refractivity contribution >= 4 is 28.9 Å². The molecule has 0 radical (unpaired) electrons. The standard InChI is InChI=1S/C22H37Cl2NO/c1-2-3-4-5-6-7-8-9-10-11-12-13-14-15-16-26-22-18-21(25)19(23)17-20(22)24/h17-18H,2-16,25H2,1H3. The van der Waals surface area contributed by atoms with Gasteiger partial charge in [0.2, 0.25) is 0 Å². The molecule has 150 valence electrons. The number of hydrogen-bond donors (Lipinski definition) is 1. The van der Waals surface area contributed by atoms with Gasteiger partial charge in [0, 0.05) is 6.07 Å². The van der Waals surface area contributed by atoms with E-state index in [4.69, 9.17) is 33.7 Å². The van der Waals surface area contributed by atoms with Crippen LogP contribution in [0.25, 0.3) is 0 Å². The van der Waals surface area contributed by atoms with Gasteiger partial charge in [0.15, 0.2) is 0 Å². The summed E-state index contributed by atoms with van der Waals surface area (Å²) in [4.78, 5) is 0. The van der Waals surface area contributed by atoms with E-state index in [1.807, 2.05) is 0 Å². The van der Waals surface area contributed by atoms with E-state index in [9.17, 15) is 0 Å². The van der Waals surface area contributed by atoms with Gasteiger partial charge < -0.3 is 10.5 Å². The van der Waals surface area contributed by atoms with Gasteiger partial charge in [0.1, 0.15) is 5.75 Å². The second-order valence-electron chi connectivity index (χ2n) is 7.25. The van der Waals surface area contributed by atoms with E-state index >= 15 is 0 Å². The Bertz CT molecular complexity index is 479. The highest BCUT2D eigenvalue weighted by Crippen LogP contribution is 2.32. The summed E-state index contributed by atoms with van der Waals surface area (Å²) in [7, 11) is 0. The van der Waals surface area contributed by atoms with E-state index in [1.54, 1.807) is 12.1 Å². The summed E-state index contributed by atoms with van der Waals surface area (Å²) in [6.07, 6.45) is 19.0. The molecule has 1 aromatic rings. The molecule has 0 aliphatic heterocycles. The molecular formula is C22H37Cl2NO. The first kappa shape index (κ1) is 23.4. The molecule has 4 heteroatoms. The average Bonchev–Trinajstić information content (AvgIpc) is 2.62. The number of halogens is 2. The van der Waals surface area contributed by atoms with Crippen LogP contribution >= 0.6 is 23.2 Å². The highest BCUT2D eigenvalue weighted by molar-refractivity contribution is 6.37. The Kier molecular flexibility index (Phi) is 13.9. The van der Waals surface area contributed by atoms with Crippen LogP contribution in [-0.4, -0.2) is 6.61 Å². The summed E-state index contributed by atoms with van der Waals surface area (Å²) in [6.45, 7) is 2.96. The number of rotatable bonds is 16. The molecule has 2 nitrogen and oxygen atoms in total. The van der Waals surface area contributed by atoms with Crippen molar-refractivity contribution in [2.24, 2.45) is 0 Å². The minimum Gasteiger partial charge on any atom is -0.492 e. The molecule has 0 spiro atoms.